The van der Waals surface area contributed by atoms with Gasteiger partial charge < -0.3 is 15.8 Å². The lowest BCUT2D eigenvalue weighted by Gasteiger charge is -2.09. The maximum absolute atomic E-state index is 12.1. The summed E-state index contributed by atoms with van der Waals surface area (Å²) in [6.45, 7) is 4.27. The van der Waals surface area contributed by atoms with Gasteiger partial charge in [0.1, 0.15) is 5.69 Å². The quantitative estimate of drug-likeness (QED) is 0.822. The fourth-order valence-electron chi connectivity index (χ4n) is 2.41. The van der Waals surface area contributed by atoms with E-state index in [2.05, 4.69) is 10.4 Å². The average molecular weight is 266 g/mol. The molecule has 1 aliphatic rings. The van der Waals surface area contributed by atoms with Crippen LogP contribution in [0.4, 0.5) is 5.69 Å². The molecule has 1 atom stereocenters. The first-order valence-electron chi connectivity index (χ1n) is 6.80. The molecule has 0 spiro atoms. The summed E-state index contributed by atoms with van der Waals surface area (Å²) in [7, 11) is 1.75. The van der Waals surface area contributed by atoms with Crippen LogP contribution in [0.15, 0.2) is 0 Å². The maximum atomic E-state index is 12.1. The van der Waals surface area contributed by atoms with Gasteiger partial charge in [-0.25, -0.2) is 0 Å². The number of aromatic nitrogens is 2. The molecule has 3 N–H and O–H groups in total. The Morgan fingerprint density at radius 1 is 1.63 bits per heavy atom. The number of hydrogen-bond acceptors (Lipinski definition) is 4. The lowest BCUT2D eigenvalue weighted by atomic mass is 10.1. The first-order chi connectivity index (χ1) is 9.13. The summed E-state index contributed by atoms with van der Waals surface area (Å²) in [4.78, 5) is 12.1. The predicted octanol–water partition coefficient (Wildman–Crippen LogP) is 0.721. The summed E-state index contributed by atoms with van der Waals surface area (Å²) < 4.78 is 6.87. The van der Waals surface area contributed by atoms with Crippen LogP contribution in [0.1, 0.15) is 35.9 Å². The number of anilines is 1. The fourth-order valence-corrected chi connectivity index (χ4v) is 2.41. The van der Waals surface area contributed by atoms with Gasteiger partial charge in [-0.15, -0.1) is 0 Å². The van der Waals surface area contributed by atoms with E-state index in [4.69, 9.17) is 10.5 Å². The van der Waals surface area contributed by atoms with Crippen LogP contribution < -0.4 is 11.1 Å². The zero-order valence-corrected chi connectivity index (χ0v) is 11.6. The lowest BCUT2D eigenvalue weighted by molar-refractivity contribution is 0.0942. The normalized spacial score (nSPS) is 18.7. The highest BCUT2D eigenvalue weighted by Crippen LogP contribution is 2.18. The largest absolute Gasteiger partial charge is 0.395 e. The first kappa shape index (κ1) is 13.9. The smallest absolute Gasteiger partial charge is 0.271 e. The van der Waals surface area contributed by atoms with Crippen molar-refractivity contribution in [1.82, 2.24) is 15.1 Å². The Balaban J connectivity index is 1.90. The molecule has 0 bridgehead atoms. The molecule has 6 nitrogen and oxygen atoms in total. The molecule has 6 heteroatoms. The van der Waals surface area contributed by atoms with Crippen LogP contribution in [0.3, 0.4) is 0 Å². The third-order valence-corrected chi connectivity index (χ3v) is 3.57. The Morgan fingerprint density at radius 2 is 2.42 bits per heavy atom. The highest BCUT2D eigenvalue weighted by molar-refractivity contribution is 5.97. The standard InChI is InChI=1S/C13H22N4O2/c1-3-10-11(14)12(17(2)16-10)13(18)15-6-4-9-5-7-19-8-9/h9H,3-8,14H2,1-2H3,(H,15,18). The Bertz CT molecular complexity index is 450. The van der Waals surface area contributed by atoms with Crippen molar-refractivity contribution < 1.29 is 9.53 Å². The van der Waals surface area contributed by atoms with E-state index < -0.39 is 0 Å². The fraction of sp³-hybridized carbons (Fsp3) is 0.692. The minimum atomic E-state index is -0.147. The van der Waals surface area contributed by atoms with Crippen molar-refractivity contribution in [2.45, 2.75) is 26.2 Å². The van der Waals surface area contributed by atoms with Crippen molar-refractivity contribution in [2.24, 2.45) is 13.0 Å². The van der Waals surface area contributed by atoms with Gasteiger partial charge in [0.2, 0.25) is 0 Å². The van der Waals surface area contributed by atoms with E-state index in [-0.39, 0.29) is 5.91 Å². The number of nitrogen functional groups attached to an aromatic ring is 1. The van der Waals surface area contributed by atoms with Gasteiger partial charge in [0.05, 0.1) is 11.4 Å². The predicted molar refractivity (Wildman–Crippen MR) is 72.9 cm³/mol. The van der Waals surface area contributed by atoms with Crippen LogP contribution in [-0.4, -0.2) is 35.4 Å². The number of amides is 1. The molecule has 1 aliphatic heterocycles. The van der Waals surface area contributed by atoms with Crippen molar-refractivity contribution in [3.05, 3.63) is 11.4 Å². The zero-order valence-electron chi connectivity index (χ0n) is 11.6. The Kier molecular flexibility index (Phi) is 4.42. The highest BCUT2D eigenvalue weighted by Gasteiger charge is 2.20. The number of nitrogens with zero attached hydrogens (tertiary/aromatic N) is 2. The van der Waals surface area contributed by atoms with Crippen molar-refractivity contribution in [1.29, 1.82) is 0 Å². The summed E-state index contributed by atoms with van der Waals surface area (Å²) >= 11 is 0. The second-order valence-corrected chi connectivity index (χ2v) is 4.96. The molecule has 1 unspecified atom stereocenters. The zero-order chi connectivity index (χ0) is 13.8. The van der Waals surface area contributed by atoms with Gasteiger partial charge in [0, 0.05) is 26.8 Å². The van der Waals surface area contributed by atoms with Crippen molar-refractivity contribution in [3.63, 3.8) is 0 Å². The number of rotatable bonds is 5. The monoisotopic (exact) mass is 266 g/mol. The molecule has 106 valence electrons. The van der Waals surface area contributed by atoms with Crippen LogP contribution in [0.2, 0.25) is 0 Å². The number of ether oxygens (including phenoxy) is 1. The van der Waals surface area contributed by atoms with Gasteiger partial charge in [-0.1, -0.05) is 6.92 Å². The van der Waals surface area contributed by atoms with E-state index in [1.807, 2.05) is 6.92 Å². The molecule has 2 rings (SSSR count). The summed E-state index contributed by atoms with van der Waals surface area (Å²) in [5, 5.41) is 7.16. The van der Waals surface area contributed by atoms with Crippen LogP contribution in [-0.2, 0) is 18.2 Å². The van der Waals surface area contributed by atoms with Gasteiger partial charge in [-0.2, -0.15) is 5.10 Å². The number of carbonyl (C=O) groups is 1. The minimum Gasteiger partial charge on any atom is -0.395 e. The van der Waals surface area contributed by atoms with Crippen LogP contribution in [0.25, 0.3) is 0 Å². The van der Waals surface area contributed by atoms with Gasteiger partial charge in [-0.05, 0) is 25.2 Å². The SMILES string of the molecule is CCc1nn(C)c(C(=O)NCCC2CCOC2)c1N. The molecule has 0 saturated carbocycles. The molecule has 19 heavy (non-hydrogen) atoms. The number of carbonyl (C=O) groups excluding carboxylic acids is 1. The van der Waals surface area contributed by atoms with E-state index in [1.165, 1.54) is 0 Å². The van der Waals surface area contributed by atoms with Crippen LogP contribution >= 0.6 is 0 Å². The van der Waals surface area contributed by atoms with Crippen molar-refractivity contribution in [3.8, 4) is 0 Å². The summed E-state index contributed by atoms with van der Waals surface area (Å²) in [5.41, 5.74) is 7.67. The molecule has 1 aromatic rings. The Labute approximate surface area is 113 Å². The molecule has 0 aromatic carbocycles. The number of aryl methyl sites for hydroxylation is 2. The summed E-state index contributed by atoms with van der Waals surface area (Å²) in [6, 6.07) is 0. The topological polar surface area (TPSA) is 82.2 Å². The lowest BCUT2D eigenvalue weighted by Crippen LogP contribution is -2.28. The number of hydrogen-bond donors (Lipinski definition) is 2. The third-order valence-electron chi connectivity index (χ3n) is 3.57. The maximum Gasteiger partial charge on any atom is 0.271 e. The summed E-state index contributed by atoms with van der Waals surface area (Å²) in [5.74, 6) is 0.418. The highest BCUT2D eigenvalue weighted by atomic mass is 16.5. The van der Waals surface area contributed by atoms with E-state index >= 15 is 0 Å². The summed E-state index contributed by atoms with van der Waals surface area (Å²) in [6.07, 6.45) is 2.76. The molecule has 2 heterocycles. The number of nitrogens with one attached hydrogen (secondary N) is 1. The molecule has 0 radical (unpaired) electrons. The third kappa shape index (κ3) is 3.07. The molecule has 0 aliphatic carbocycles. The average Bonchev–Trinajstić information content (AvgIpc) is 2.97. The van der Waals surface area contributed by atoms with Crippen LogP contribution in [0.5, 0.6) is 0 Å². The van der Waals surface area contributed by atoms with Crippen LogP contribution in [0, 0.1) is 5.92 Å². The Morgan fingerprint density at radius 3 is 3.00 bits per heavy atom. The molecule has 1 amide bonds. The minimum absolute atomic E-state index is 0.147. The molecule has 1 saturated heterocycles. The second-order valence-electron chi connectivity index (χ2n) is 4.96. The Hall–Kier alpha value is -1.56. The van der Waals surface area contributed by atoms with E-state index in [0.717, 1.165) is 38.2 Å². The first-order valence-corrected chi connectivity index (χ1v) is 6.80. The second kappa shape index (κ2) is 6.06. The molecular formula is C13H22N4O2. The van der Waals surface area contributed by atoms with E-state index in [1.54, 1.807) is 11.7 Å². The van der Waals surface area contributed by atoms with Gasteiger partial charge in [0.15, 0.2) is 0 Å². The molecular weight excluding hydrogens is 244 g/mol. The van der Waals surface area contributed by atoms with Crippen molar-refractivity contribution >= 4 is 11.6 Å². The molecule has 1 aromatic heterocycles. The van der Waals surface area contributed by atoms with E-state index in [9.17, 15) is 4.79 Å². The van der Waals surface area contributed by atoms with Gasteiger partial charge >= 0.3 is 0 Å². The molecule has 1 fully saturated rings. The van der Waals surface area contributed by atoms with E-state index in [0.29, 0.717) is 23.8 Å². The van der Waals surface area contributed by atoms with Gasteiger partial charge in [0.25, 0.3) is 5.91 Å². The van der Waals surface area contributed by atoms with Crippen molar-refractivity contribution in [2.75, 3.05) is 25.5 Å². The van der Waals surface area contributed by atoms with Gasteiger partial charge in [-0.3, -0.25) is 9.48 Å². The number of nitrogens with two attached hydrogens (primary N) is 1.